The standard InChI is InChI=1S/C40H51N3O10/c1-23(2)9-7-10-24(3)17-18-42-31-16-15-28(41-37(49)36-34(47)33(46)35(48)38(50)53-36)20-30(31)40(52,39(42)51)25(4)11-8-14-32(45)43-21-27-13-6-5-12-26(27)19-29(43)22-44/h5-6,8-9,11-13,15-17,20,25,29,33-36,38,44,46-48,50,52H,7,10,14,18-19,21-22H2,1-4H3,(H,41,49)/b11-8+,24-17+/t25-,29-,33-,34-,35+,36-,38+,40+/m0/s1. The summed E-state index contributed by atoms with van der Waals surface area (Å²) >= 11 is 0. The Labute approximate surface area is 309 Å². The quantitative estimate of drug-likeness (QED) is 0.159. The van der Waals surface area contributed by atoms with Crippen molar-refractivity contribution in [2.24, 2.45) is 5.92 Å². The zero-order valence-electron chi connectivity index (χ0n) is 30.6. The molecule has 8 atom stereocenters. The van der Waals surface area contributed by atoms with Gasteiger partial charge in [-0.2, -0.15) is 0 Å². The van der Waals surface area contributed by atoms with Gasteiger partial charge < -0.3 is 50.5 Å². The van der Waals surface area contributed by atoms with Crippen LogP contribution in [-0.2, 0) is 37.7 Å². The molecule has 1 saturated heterocycles. The van der Waals surface area contributed by atoms with Gasteiger partial charge in [0.05, 0.1) is 18.3 Å². The number of carbonyl (C=O) groups is 3. The molecule has 3 aliphatic rings. The summed E-state index contributed by atoms with van der Waals surface area (Å²) in [5, 5.41) is 65.1. The lowest BCUT2D eigenvalue weighted by Crippen LogP contribution is -2.60. The lowest BCUT2D eigenvalue weighted by Gasteiger charge is -2.37. The van der Waals surface area contributed by atoms with Crippen molar-refractivity contribution in [1.82, 2.24) is 4.90 Å². The molecule has 3 heterocycles. The summed E-state index contributed by atoms with van der Waals surface area (Å²) in [7, 11) is 0. The maximum absolute atomic E-state index is 14.2. The van der Waals surface area contributed by atoms with Crippen molar-refractivity contribution < 1.29 is 49.8 Å². The van der Waals surface area contributed by atoms with E-state index in [1.807, 2.05) is 51.1 Å². The predicted molar refractivity (Wildman–Crippen MR) is 197 cm³/mol. The number of hydrogen-bond acceptors (Lipinski definition) is 10. The maximum atomic E-state index is 14.2. The van der Waals surface area contributed by atoms with Gasteiger partial charge in [-0.15, -0.1) is 0 Å². The van der Waals surface area contributed by atoms with Crippen LogP contribution >= 0.6 is 0 Å². The van der Waals surface area contributed by atoms with Gasteiger partial charge in [-0.1, -0.05) is 66.6 Å². The number of nitrogens with zero attached hydrogens (tertiary/aromatic N) is 2. The second kappa shape index (κ2) is 16.9. The molecule has 0 aliphatic carbocycles. The van der Waals surface area contributed by atoms with Crippen LogP contribution in [0.4, 0.5) is 11.4 Å². The number of fused-ring (bicyclic) bond motifs is 2. The molecule has 13 nitrogen and oxygen atoms in total. The van der Waals surface area contributed by atoms with E-state index in [0.717, 1.165) is 29.5 Å². The zero-order valence-corrected chi connectivity index (χ0v) is 30.6. The van der Waals surface area contributed by atoms with E-state index in [0.29, 0.717) is 18.7 Å². The number of allylic oxidation sites excluding steroid dienone is 3. The van der Waals surface area contributed by atoms with Crippen molar-refractivity contribution in [3.63, 3.8) is 0 Å². The van der Waals surface area contributed by atoms with Crippen LogP contribution in [0.5, 0.6) is 0 Å². The van der Waals surface area contributed by atoms with Gasteiger partial charge in [-0.05, 0) is 69.4 Å². The first-order valence-electron chi connectivity index (χ1n) is 18.0. The van der Waals surface area contributed by atoms with E-state index >= 15 is 0 Å². The summed E-state index contributed by atoms with van der Waals surface area (Å²) in [5.41, 5.74) is 3.03. The zero-order chi connectivity index (χ0) is 38.6. The molecule has 13 heteroatoms. The Morgan fingerprint density at radius 2 is 1.74 bits per heavy atom. The molecule has 0 unspecified atom stereocenters. The third-order valence-electron chi connectivity index (χ3n) is 10.4. The van der Waals surface area contributed by atoms with Gasteiger partial charge >= 0.3 is 0 Å². The number of rotatable bonds is 12. The Morgan fingerprint density at radius 3 is 2.43 bits per heavy atom. The minimum atomic E-state index is -2.10. The molecule has 2 aromatic rings. The largest absolute Gasteiger partial charge is 0.394 e. The van der Waals surface area contributed by atoms with Crippen molar-refractivity contribution in [2.75, 3.05) is 23.4 Å². The molecule has 2 aromatic carbocycles. The van der Waals surface area contributed by atoms with Crippen molar-refractivity contribution >= 4 is 29.1 Å². The molecule has 3 amide bonds. The minimum absolute atomic E-state index is 0.0241. The van der Waals surface area contributed by atoms with E-state index in [4.69, 9.17) is 4.74 Å². The van der Waals surface area contributed by atoms with E-state index in [9.17, 15) is 45.0 Å². The number of carbonyl (C=O) groups excluding carboxylic acids is 3. The van der Waals surface area contributed by atoms with Crippen LogP contribution in [0.15, 0.2) is 77.9 Å². The highest BCUT2D eigenvalue weighted by molar-refractivity contribution is 6.08. The fourth-order valence-corrected chi connectivity index (χ4v) is 7.11. The van der Waals surface area contributed by atoms with Crippen LogP contribution in [0.1, 0.15) is 63.6 Å². The lowest BCUT2D eigenvalue weighted by atomic mass is 9.82. The lowest BCUT2D eigenvalue weighted by molar-refractivity contribution is -0.274. The highest BCUT2D eigenvalue weighted by atomic mass is 16.6. The van der Waals surface area contributed by atoms with Gasteiger partial charge in [0, 0.05) is 36.7 Å². The molecule has 0 saturated carbocycles. The molecular weight excluding hydrogens is 682 g/mol. The van der Waals surface area contributed by atoms with Crippen molar-refractivity contribution in [2.45, 2.75) is 102 Å². The number of aliphatic hydroxyl groups is 6. The third-order valence-corrected chi connectivity index (χ3v) is 10.4. The van der Waals surface area contributed by atoms with Crippen molar-refractivity contribution in [3.8, 4) is 0 Å². The number of anilines is 2. The summed E-state index contributed by atoms with van der Waals surface area (Å²) in [5.74, 6) is -2.57. The summed E-state index contributed by atoms with van der Waals surface area (Å²) in [6, 6.07) is 12.0. The Hall–Kier alpha value is -4.21. The smallest absolute Gasteiger partial charge is 0.264 e. The van der Waals surface area contributed by atoms with Gasteiger partial charge in [0.2, 0.25) is 5.91 Å². The number of amides is 3. The molecule has 0 spiro atoms. The van der Waals surface area contributed by atoms with Gasteiger partial charge in [-0.3, -0.25) is 14.4 Å². The molecular formula is C40H51N3O10. The van der Waals surface area contributed by atoms with E-state index in [-0.39, 0.29) is 42.8 Å². The average molecular weight is 734 g/mol. The Morgan fingerprint density at radius 1 is 1.02 bits per heavy atom. The van der Waals surface area contributed by atoms with Crippen LogP contribution in [0.25, 0.3) is 0 Å². The highest BCUT2D eigenvalue weighted by Crippen LogP contribution is 2.46. The van der Waals surface area contributed by atoms with Gasteiger partial charge in [-0.25, -0.2) is 0 Å². The number of nitrogens with one attached hydrogen (secondary N) is 1. The van der Waals surface area contributed by atoms with Crippen LogP contribution in [0.2, 0.25) is 0 Å². The molecule has 53 heavy (non-hydrogen) atoms. The Balaban J connectivity index is 1.38. The monoisotopic (exact) mass is 733 g/mol. The normalized spacial score (nSPS) is 27.7. The topological polar surface area (TPSA) is 200 Å². The first kappa shape index (κ1) is 40.0. The fraction of sp³-hybridized carbons (Fsp3) is 0.475. The number of ether oxygens (including phenoxy) is 1. The average Bonchev–Trinajstić information content (AvgIpc) is 3.35. The van der Waals surface area contributed by atoms with Crippen LogP contribution in [0.3, 0.4) is 0 Å². The van der Waals surface area contributed by atoms with E-state index in [2.05, 4.69) is 11.4 Å². The molecule has 7 N–H and O–H groups in total. The molecule has 0 aromatic heterocycles. The van der Waals surface area contributed by atoms with Gasteiger partial charge in [0.15, 0.2) is 18.0 Å². The van der Waals surface area contributed by atoms with Crippen LogP contribution in [0, 0.1) is 5.92 Å². The number of hydrogen-bond donors (Lipinski definition) is 7. The van der Waals surface area contributed by atoms with Crippen molar-refractivity contribution in [1.29, 1.82) is 0 Å². The number of aliphatic hydroxyl groups excluding tert-OH is 5. The maximum Gasteiger partial charge on any atom is 0.264 e. The molecule has 286 valence electrons. The number of benzene rings is 2. The molecule has 0 radical (unpaired) electrons. The van der Waals surface area contributed by atoms with E-state index in [1.54, 1.807) is 30.0 Å². The summed E-state index contributed by atoms with van der Waals surface area (Å²) in [6.07, 6.45) is 0.289. The fourth-order valence-electron chi connectivity index (χ4n) is 7.11. The van der Waals surface area contributed by atoms with Gasteiger partial charge in [0.1, 0.15) is 18.3 Å². The first-order valence-corrected chi connectivity index (χ1v) is 18.0. The van der Waals surface area contributed by atoms with E-state index < -0.39 is 54.0 Å². The second-order valence-electron chi connectivity index (χ2n) is 14.4. The van der Waals surface area contributed by atoms with Gasteiger partial charge in [0.25, 0.3) is 11.8 Å². The van der Waals surface area contributed by atoms with Crippen LogP contribution < -0.4 is 10.2 Å². The third kappa shape index (κ3) is 8.47. The Bertz CT molecular complexity index is 1770. The highest BCUT2D eigenvalue weighted by Gasteiger charge is 2.53. The first-order chi connectivity index (χ1) is 25.2. The van der Waals surface area contributed by atoms with Crippen molar-refractivity contribution in [3.05, 3.63) is 94.6 Å². The predicted octanol–water partition coefficient (Wildman–Crippen LogP) is 2.18. The summed E-state index contributed by atoms with van der Waals surface area (Å²) < 4.78 is 5.06. The van der Waals surface area contributed by atoms with Crippen LogP contribution in [-0.4, -0.2) is 103 Å². The van der Waals surface area contributed by atoms with E-state index in [1.165, 1.54) is 22.6 Å². The molecule has 3 aliphatic heterocycles. The Kier molecular flexibility index (Phi) is 12.7. The molecule has 1 fully saturated rings. The second-order valence-corrected chi connectivity index (χ2v) is 14.4. The molecule has 0 bridgehead atoms. The summed E-state index contributed by atoms with van der Waals surface area (Å²) in [4.78, 5) is 43.9. The summed E-state index contributed by atoms with van der Waals surface area (Å²) in [6.45, 7) is 8.05. The SMILES string of the molecule is CC(C)=CCC/C(C)=C/CN1C(=O)[C@@](O)([C@@H](C)/C=C/CC(=O)N2Cc3ccccc3C[C@H]2CO)c2cc(NC(=O)[C@H]3O[C@@H](O)[C@H](O)[C@@H](O)[C@@H]3O)ccc21. The minimum Gasteiger partial charge on any atom is -0.394 e. The molecule has 5 rings (SSSR count).